The van der Waals surface area contributed by atoms with E-state index < -0.39 is 34.0 Å². The van der Waals surface area contributed by atoms with Crippen LogP contribution in [0.25, 0.3) is 0 Å². The van der Waals surface area contributed by atoms with Gasteiger partial charge in [-0.25, -0.2) is 8.42 Å². The monoisotopic (exact) mass is 283 g/mol. The highest BCUT2D eigenvalue weighted by Crippen LogP contribution is 2.10. The predicted octanol–water partition coefficient (Wildman–Crippen LogP) is -3.42. The third-order valence-electron chi connectivity index (χ3n) is 2.78. The van der Waals surface area contributed by atoms with E-state index in [1.54, 1.807) is 0 Å². The average molecular weight is 283 g/mol. The van der Waals surface area contributed by atoms with Crippen molar-refractivity contribution in [3.8, 4) is 0 Å². The van der Waals surface area contributed by atoms with Crippen molar-refractivity contribution in [2.45, 2.75) is 24.6 Å². The molecule has 0 aliphatic carbocycles. The number of aliphatic hydroxyl groups excluding tert-OH is 1. The summed E-state index contributed by atoms with van der Waals surface area (Å²) in [6.45, 7) is 0. The van der Waals surface area contributed by atoms with Crippen LogP contribution in [0.5, 0.6) is 0 Å². The van der Waals surface area contributed by atoms with Gasteiger partial charge in [-0.15, -0.1) is 0 Å². The molecular weight excluding hydrogens is 266 g/mol. The van der Waals surface area contributed by atoms with Crippen molar-refractivity contribution in [2.24, 2.45) is 0 Å². The molecular formula is C9H17NO5S2. The molecule has 0 aromatic rings. The molecule has 0 aromatic carbocycles. The summed E-state index contributed by atoms with van der Waals surface area (Å²) in [5.41, 5.74) is 0. The van der Waals surface area contributed by atoms with E-state index in [1.807, 2.05) is 6.26 Å². The quantitative estimate of drug-likeness (QED) is 0.525. The molecule has 0 amide bonds. The molecule has 0 unspecified atom stereocenters. The minimum absolute atomic E-state index is 0.169. The van der Waals surface area contributed by atoms with Crippen LogP contribution in [0.15, 0.2) is 0 Å². The number of thioether (sulfide) groups is 1. The van der Waals surface area contributed by atoms with Gasteiger partial charge >= 0.3 is 0 Å². The van der Waals surface area contributed by atoms with Crippen molar-refractivity contribution in [3.63, 3.8) is 0 Å². The van der Waals surface area contributed by atoms with Gasteiger partial charge in [0, 0.05) is 6.42 Å². The highest BCUT2D eigenvalue weighted by molar-refractivity contribution is 7.98. The number of carboxylic acid groups (broad SMARTS) is 1. The molecule has 3 atom stereocenters. The summed E-state index contributed by atoms with van der Waals surface area (Å²) in [7, 11) is -3.24. The summed E-state index contributed by atoms with van der Waals surface area (Å²) in [5, 5.41) is 21.8. The lowest BCUT2D eigenvalue weighted by Crippen LogP contribution is -2.99. The fourth-order valence-electron chi connectivity index (χ4n) is 1.88. The first-order chi connectivity index (χ1) is 7.85. The lowest BCUT2D eigenvalue weighted by molar-refractivity contribution is -0.716. The van der Waals surface area contributed by atoms with E-state index in [4.69, 9.17) is 0 Å². The van der Waals surface area contributed by atoms with Gasteiger partial charge in [-0.3, -0.25) is 0 Å². The fraction of sp³-hybridized carbons (Fsp3) is 0.889. The number of aliphatic hydroxyl groups is 1. The van der Waals surface area contributed by atoms with Crippen molar-refractivity contribution < 1.29 is 28.7 Å². The SMILES string of the molecule is CSCC[C@@H]([NH2+][C@@H]1CS(=O)(=O)C[C@@H]1O)C(=O)[O-]. The number of carboxylic acids is 1. The Morgan fingerprint density at radius 2 is 2.24 bits per heavy atom. The zero-order valence-electron chi connectivity index (χ0n) is 9.53. The fourth-order valence-corrected chi connectivity index (χ4v) is 4.19. The van der Waals surface area contributed by atoms with Crippen LogP contribution in [0.2, 0.25) is 0 Å². The van der Waals surface area contributed by atoms with Gasteiger partial charge in [0.15, 0.2) is 9.84 Å². The van der Waals surface area contributed by atoms with Gasteiger partial charge in [-0.2, -0.15) is 11.8 Å². The van der Waals surface area contributed by atoms with Crippen LogP contribution >= 0.6 is 11.8 Å². The highest BCUT2D eigenvalue weighted by atomic mass is 32.2. The number of rotatable bonds is 6. The van der Waals surface area contributed by atoms with E-state index in [0.29, 0.717) is 12.2 Å². The molecule has 0 bridgehead atoms. The molecule has 1 saturated heterocycles. The van der Waals surface area contributed by atoms with Crippen LogP contribution in [0.3, 0.4) is 0 Å². The first-order valence-electron chi connectivity index (χ1n) is 5.29. The van der Waals surface area contributed by atoms with E-state index in [9.17, 15) is 23.4 Å². The standard InChI is InChI=1S/C9H17NO5S2/c1-16-3-2-6(9(12)13)10-7-4-17(14,15)5-8(7)11/h6-8,10-11H,2-5H2,1H3,(H,12,13)/t6-,7-,8+/m1/s1. The minimum Gasteiger partial charge on any atom is -0.544 e. The van der Waals surface area contributed by atoms with Crippen LogP contribution in [-0.2, 0) is 14.6 Å². The molecule has 1 fully saturated rings. The van der Waals surface area contributed by atoms with Crippen molar-refractivity contribution in [2.75, 3.05) is 23.5 Å². The number of carbonyl (C=O) groups is 1. The van der Waals surface area contributed by atoms with Gasteiger partial charge in [0.2, 0.25) is 0 Å². The summed E-state index contributed by atoms with van der Waals surface area (Å²) in [4.78, 5) is 10.9. The molecule has 0 radical (unpaired) electrons. The second kappa shape index (κ2) is 6.03. The molecule has 1 rings (SSSR count). The number of carbonyl (C=O) groups excluding carboxylic acids is 1. The number of sulfone groups is 1. The van der Waals surface area contributed by atoms with Gasteiger partial charge < -0.3 is 20.3 Å². The average Bonchev–Trinajstić information content (AvgIpc) is 2.46. The molecule has 3 N–H and O–H groups in total. The number of hydrogen-bond donors (Lipinski definition) is 2. The van der Waals surface area contributed by atoms with Gasteiger partial charge in [0.1, 0.15) is 23.9 Å². The topological polar surface area (TPSA) is 111 Å². The van der Waals surface area contributed by atoms with Crippen LogP contribution in [0.4, 0.5) is 0 Å². The Labute approximate surface area is 105 Å². The van der Waals surface area contributed by atoms with Crippen molar-refractivity contribution in [3.05, 3.63) is 0 Å². The normalized spacial score (nSPS) is 29.1. The van der Waals surface area contributed by atoms with Crippen LogP contribution in [0.1, 0.15) is 6.42 Å². The van der Waals surface area contributed by atoms with Crippen LogP contribution < -0.4 is 10.4 Å². The third-order valence-corrected chi connectivity index (χ3v) is 5.17. The Kier molecular flexibility index (Phi) is 5.23. The van der Waals surface area contributed by atoms with E-state index in [0.717, 1.165) is 0 Å². The largest absolute Gasteiger partial charge is 0.544 e. The summed E-state index contributed by atoms with van der Waals surface area (Å²) in [6, 6.07) is -1.39. The van der Waals surface area contributed by atoms with E-state index in [2.05, 4.69) is 0 Å². The predicted molar refractivity (Wildman–Crippen MR) is 62.2 cm³/mol. The number of aliphatic carboxylic acids is 1. The number of hydrogen-bond acceptors (Lipinski definition) is 6. The lowest BCUT2D eigenvalue weighted by atomic mass is 10.1. The van der Waals surface area contributed by atoms with E-state index in [1.165, 1.54) is 17.1 Å². The minimum atomic E-state index is -3.24. The maximum atomic E-state index is 11.3. The summed E-state index contributed by atoms with van der Waals surface area (Å²) < 4.78 is 22.5. The Hall–Kier alpha value is -0.310. The van der Waals surface area contributed by atoms with Crippen LogP contribution in [0, 0.1) is 0 Å². The Morgan fingerprint density at radius 3 is 2.65 bits per heavy atom. The molecule has 0 spiro atoms. The summed E-state index contributed by atoms with van der Waals surface area (Å²) in [6.07, 6.45) is 1.27. The highest BCUT2D eigenvalue weighted by Gasteiger charge is 2.40. The van der Waals surface area contributed by atoms with Gasteiger partial charge in [-0.05, 0) is 12.0 Å². The molecule has 0 saturated carbocycles. The summed E-state index contributed by atoms with van der Waals surface area (Å²) >= 11 is 1.51. The molecule has 6 nitrogen and oxygen atoms in total. The lowest BCUT2D eigenvalue weighted by Gasteiger charge is -2.21. The third kappa shape index (κ3) is 4.46. The Balaban J connectivity index is 2.58. The summed E-state index contributed by atoms with van der Waals surface area (Å²) in [5.74, 6) is -1.01. The van der Waals surface area contributed by atoms with Crippen molar-refractivity contribution in [1.82, 2.24) is 0 Å². The van der Waals surface area contributed by atoms with E-state index in [-0.39, 0.29) is 11.5 Å². The first-order valence-corrected chi connectivity index (χ1v) is 8.50. The number of quaternary nitrogens is 1. The molecule has 1 aliphatic rings. The zero-order valence-corrected chi connectivity index (χ0v) is 11.2. The maximum Gasteiger partial charge on any atom is 0.159 e. The second-order valence-corrected chi connectivity index (χ2v) is 7.35. The van der Waals surface area contributed by atoms with Gasteiger partial charge in [-0.1, -0.05) is 0 Å². The second-order valence-electron chi connectivity index (χ2n) is 4.21. The number of nitrogens with two attached hydrogens (primary N) is 1. The smallest absolute Gasteiger partial charge is 0.159 e. The molecule has 0 aromatic heterocycles. The molecule has 8 heteroatoms. The molecule has 100 valence electrons. The van der Waals surface area contributed by atoms with Gasteiger partial charge in [0.25, 0.3) is 0 Å². The Bertz CT molecular complexity index is 370. The van der Waals surface area contributed by atoms with Gasteiger partial charge in [0.05, 0.1) is 11.7 Å². The first kappa shape index (κ1) is 14.7. The Morgan fingerprint density at radius 1 is 1.59 bits per heavy atom. The van der Waals surface area contributed by atoms with Crippen LogP contribution in [-0.4, -0.2) is 61.2 Å². The van der Waals surface area contributed by atoms with Crippen molar-refractivity contribution in [1.29, 1.82) is 0 Å². The van der Waals surface area contributed by atoms with E-state index >= 15 is 0 Å². The maximum absolute atomic E-state index is 11.3. The molecule has 17 heavy (non-hydrogen) atoms. The molecule has 1 aliphatic heterocycles. The van der Waals surface area contributed by atoms with Crippen molar-refractivity contribution >= 4 is 27.6 Å². The molecule has 1 heterocycles. The zero-order chi connectivity index (χ0) is 13.1.